The Kier molecular flexibility index (Phi) is 11.5. The molecule has 2 fully saturated rings. The molecule has 0 amide bonds. The molecule has 2 atom stereocenters. The first-order valence-corrected chi connectivity index (χ1v) is 18.7. The maximum absolute atomic E-state index is 13.2. The molecular weight excluding hydrogens is 721 g/mol. The summed E-state index contributed by atoms with van der Waals surface area (Å²) in [4.78, 5) is 17.7. The lowest BCUT2D eigenvalue weighted by Crippen LogP contribution is -2.56. The van der Waals surface area contributed by atoms with E-state index in [1.807, 2.05) is 36.4 Å². The normalized spacial score (nSPS) is 19.0. The minimum absolute atomic E-state index is 0.195. The van der Waals surface area contributed by atoms with Crippen LogP contribution in [0.3, 0.4) is 0 Å². The molecule has 8 nitrogen and oxygen atoms in total. The molecule has 53 heavy (non-hydrogen) atoms. The summed E-state index contributed by atoms with van der Waals surface area (Å²) < 4.78 is 45.3. The van der Waals surface area contributed by atoms with Gasteiger partial charge in [0.2, 0.25) is 0 Å². The van der Waals surface area contributed by atoms with Gasteiger partial charge in [0.15, 0.2) is 0 Å². The number of rotatable bonds is 15. The van der Waals surface area contributed by atoms with Gasteiger partial charge < -0.3 is 19.5 Å². The predicted molar refractivity (Wildman–Crippen MR) is 199 cm³/mol. The van der Waals surface area contributed by atoms with E-state index >= 15 is 0 Å². The van der Waals surface area contributed by atoms with E-state index in [1.165, 1.54) is 6.20 Å². The third-order valence-corrected chi connectivity index (χ3v) is 10.7. The summed E-state index contributed by atoms with van der Waals surface area (Å²) >= 11 is 13.8. The molecule has 0 spiro atoms. The minimum Gasteiger partial charge on any atom is -0.492 e. The van der Waals surface area contributed by atoms with Crippen molar-refractivity contribution in [1.82, 2.24) is 15.2 Å². The Labute approximate surface area is 318 Å². The zero-order valence-corrected chi connectivity index (χ0v) is 30.7. The van der Waals surface area contributed by atoms with Crippen LogP contribution in [0.4, 0.5) is 8.78 Å². The molecule has 3 aliphatic rings. The van der Waals surface area contributed by atoms with Crippen molar-refractivity contribution in [2.75, 3.05) is 32.8 Å². The van der Waals surface area contributed by atoms with Crippen LogP contribution in [0.25, 0.3) is 11.1 Å². The molecule has 1 saturated heterocycles. The number of halogens is 4. The highest BCUT2D eigenvalue weighted by atomic mass is 35.5. The first-order chi connectivity index (χ1) is 25.7. The molecule has 1 N–H and O–H groups in total. The number of alkyl halides is 2. The third-order valence-electron chi connectivity index (χ3n) is 10.1. The lowest BCUT2D eigenvalue weighted by atomic mass is 9.96. The molecule has 4 aromatic rings. The van der Waals surface area contributed by atoms with Crippen LogP contribution < -0.4 is 19.5 Å². The van der Waals surface area contributed by atoms with Crippen LogP contribution in [0, 0.1) is 17.2 Å². The molecule has 1 aromatic heterocycles. The van der Waals surface area contributed by atoms with Crippen LogP contribution in [0.1, 0.15) is 66.0 Å². The molecule has 1 aliphatic heterocycles. The number of Topliss-reactive ketones (excluding diaryl/α,β-unsaturated/α-hetero) is 1. The smallest absolute Gasteiger partial charge is 0.272 e. The van der Waals surface area contributed by atoms with Crippen molar-refractivity contribution in [2.45, 2.75) is 63.7 Å². The molecular formula is C41H40Cl2F2N4O4. The first-order valence-electron chi connectivity index (χ1n) is 18.0. The van der Waals surface area contributed by atoms with Gasteiger partial charge in [0, 0.05) is 61.1 Å². The molecule has 7 rings (SSSR count). The van der Waals surface area contributed by atoms with Gasteiger partial charge in [-0.25, -0.2) is 8.78 Å². The summed E-state index contributed by atoms with van der Waals surface area (Å²) in [5.41, 5.74) is 6.10. The second kappa shape index (κ2) is 16.4. The third kappa shape index (κ3) is 8.93. The van der Waals surface area contributed by atoms with Gasteiger partial charge in [-0.05, 0) is 73.0 Å². The van der Waals surface area contributed by atoms with Gasteiger partial charge in [-0.1, -0.05) is 53.5 Å². The highest BCUT2D eigenvalue weighted by Gasteiger charge is 2.43. The van der Waals surface area contributed by atoms with E-state index in [9.17, 15) is 18.8 Å². The Balaban J connectivity index is 1.06. The van der Waals surface area contributed by atoms with Gasteiger partial charge >= 0.3 is 0 Å². The SMILES string of the molecule is N#Cc1cncc(COc2cc(O[C@H]3CCc4c(-c5cccc(OCCCN6CC(F)(F)C6)c5Cl)cccc43)c(Cl)cc2CNC[C@@H]2CCC(=O)C2)c1. The van der Waals surface area contributed by atoms with Gasteiger partial charge in [0.25, 0.3) is 5.92 Å². The average Bonchev–Trinajstić information content (AvgIpc) is 3.75. The van der Waals surface area contributed by atoms with E-state index in [-0.39, 0.29) is 25.8 Å². The molecule has 0 bridgehead atoms. The molecule has 1 saturated carbocycles. The quantitative estimate of drug-likeness (QED) is 0.120. The Bertz CT molecular complexity index is 2010. The molecule has 12 heteroatoms. The molecule has 0 unspecified atom stereocenters. The van der Waals surface area contributed by atoms with E-state index < -0.39 is 5.92 Å². The first kappa shape index (κ1) is 37.1. The number of benzene rings is 3. The van der Waals surface area contributed by atoms with Crippen LogP contribution in [0.5, 0.6) is 17.2 Å². The Morgan fingerprint density at radius 2 is 1.81 bits per heavy atom. The van der Waals surface area contributed by atoms with Gasteiger partial charge in [-0.3, -0.25) is 14.7 Å². The lowest BCUT2D eigenvalue weighted by Gasteiger charge is -2.38. The zero-order chi connectivity index (χ0) is 37.0. The number of aromatic nitrogens is 1. The summed E-state index contributed by atoms with van der Waals surface area (Å²) in [5, 5.41) is 13.8. The van der Waals surface area contributed by atoms with Crippen molar-refractivity contribution in [3.8, 4) is 34.4 Å². The Morgan fingerprint density at radius 1 is 0.981 bits per heavy atom. The van der Waals surface area contributed by atoms with Crippen LogP contribution in [0.2, 0.25) is 10.0 Å². The van der Waals surface area contributed by atoms with Crippen molar-refractivity contribution >= 4 is 29.0 Å². The lowest BCUT2D eigenvalue weighted by molar-refractivity contribution is -0.130. The number of nitrogens with one attached hydrogen (secondary N) is 1. The minimum atomic E-state index is -2.57. The molecule has 2 aliphatic carbocycles. The van der Waals surface area contributed by atoms with Crippen LogP contribution in [0.15, 0.2) is 67.0 Å². The fourth-order valence-corrected chi connectivity index (χ4v) is 7.93. The Hall–Kier alpha value is -4.27. The number of hydrogen-bond donors (Lipinski definition) is 1. The Morgan fingerprint density at radius 3 is 2.60 bits per heavy atom. The van der Waals surface area contributed by atoms with Crippen molar-refractivity contribution in [3.63, 3.8) is 0 Å². The number of ether oxygens (including phenoxy) is 3. The van der Waals surface area contributed by atoms with Gasteiger partial charge in [0.1, 0.15) is 41.8 Å². The van der Waals surface area contributed by atoms with E-state index in [0.29, 0.717) is 83.5 Å². The number of nitrogens with zero attached hydrogens (tertiary/aromatic N) is 3. The van der Waals surface area contributed by atoms with E-state index in [1.54, 1.807) is 17.2 Å². The number of nitriles is 1. The number of carbonyl (C=O) groups excluding carboxylic acids is 1. The number of ketones is 1. The summed E-state index contributed by atoms with van der Waals surface area (Å²) in [5.74, 6) is -0.290. The molecule has 3 aromatic carbocycles. The van der Waals surface area contributed by atoms with E-state index in [4.69, 9.17) is 37.4 Å². The molecule has 0 radical (unpaired) electrons. The predicted octanol–water partition coefficient (Wildman–Crippen LogP) is 8.75. The zero-order valence-electron chi connectivity index (χ0n) is 29.2. The second-order valence-corrected chi connectivity index (χ2v) is 14.8. The van der Waals surface area contributed by atoms with Gasteiger partial charge in [-0.15, -0.1) is 0 Å². The van der Waals surface area contributed by atoms with Gasteiger partial charge in [0.05, 0.1) is 35.3 Å². The van der Waals surface area contributed by atoms with Crippen molar-refractivity contribution in [1.29, 1.82) is 5.26 Å². The number of likely N-dealkylation sites (tertiary alicyclic amines) is 1. The summed E-state index contributed by atoms with van der Waals surface area (Å²) in [6.07, 6.45) is 7.19. The molecule has 2 heterocycles. The van der Waals surface area contributed by atoms with Crippen LogP contribution >= 0.6 is 23.2 Å². The average molecular weight is 762 g/mol. The topological polar surface area (TPSA) is 96.7 Å². The second-order valence-electron chi connectivity index (χ2n) is 14.1. The summed E-state index contributed by atoms with van der Waals surface area (Å²) in [7, 11) is 0. The maximum Gasteiger partial charge on any atom is 0.272 e. The largest absolute Gasteiger partial charge is 0.492 e. The monoisotopic (exact) mass is 760 g/mol. The van der Waals surface area contributed by atoms with Crippen molar-refractivity contribution in [2.24, 2.45) is 5.92 Å². The van der Waals surface area contributed by atoms with Crippen LogP contribution in [-0.2, 0) is 24.4 Å². The number of fused-ring (bicyclic) bond motifs is 1. The summed E-state index contributed by atoms with van der Waals surface area (Å²) in [6, 6.07) is 19.4. The molecule has 276 valence electrons. The summed E-state index contributed by atoms with van der Waals surface area (Å²) in [6.45, 7) is 1.95. The number of hydrogen-bond acceptors (Lipinski definition) is 8. The highest BCUT2D eigenvalue weighted by molar-refractivity contribution is 6.35. The highest BCUT2D eigenvalue weighted by Crippen LogP contribution is 2.45. The fraction of sp³-hybridized carbons (Fsp3) is 0.390. The van der Waals surface area contributed by atoms with E-state index in [0.717, 1.165) is 59.2 Å². The number of pyridine rings is 1. The standard InChI is InChI=1S/C41H40Cl2F2N4O4/c42-35-16-29(22-48-19-26-8-9-30(50)15-26)38(52-23-28-14-27(18-46)20-47-21-28)17-39(35)53-36-11-10-32-31(4-1-5-33(32)36)34-6-2-7-37(40(34)43)51-13-3-12-49-24-41(44,45)25-49/h1-2,4-7,14,16-17,20-21,26,36,48H,3,8-13,15,19,22-25H2/t26-,36+/m1/s1. The van der Waals surface area contributed by atoms with Crippen molar-refractivity contribution < 1.29 is 27.8 Å². The van der Waals surface area contributed by atoms with Crippen molar-refractivity contribution in [3.05, 3.63) is 105 Å². The van der Waals surface area contributed by atoms with Gasteiger partial charge in [-0.2, -0.15) is 5.26 Å². The fourth-order valence-electron chi connectivity index (χ4n) is 7.41. The van der Waals surface area contributed by atoms with Crippen LogP contribution in [-0.4, -0.2) is 54.4 Å². The van der Waals surface area contributed by atoms with E-state index in [2.05, 4.69) is 28.5 Å². The maximum atomic E-state index is 13.2. The number of carbonyl (C=O) groups is 1.